The lowest BCUT2D eigenvalue weighted by Crippen LogP contribution is -2.42. The van der Waals surface area contributed by atoms with Gasteiger partial charge in [0.15, 0.2) is 18.1 Å². The van der Waals surface area contributed by atoms with E-state index in [0.717, 1.165) is 5.56 Å². The van der Waals surface area contributed by atoms with E-state index in [1.54, 1.807) is 36.1 Å². The lowest BCUT2D eigenvalue weighted by molar-refractivity contribution is -0.153. The second-order valence-corrected chi connectivity index (χ2v) is 6.46. The molecule has 1 saturated heterocycles. The van der Waals surface area contributed by atoms with Crippen LogP contribution in [0.2, 0.25) is 0 Å². The maximum absolute atomic E-state index is 12.2. The monoisotopic (exact) mass is 389 g/mol. The van der Waals surface area contributed by atoms with Gasteiger partial charge in [0.2, 0.25) is 6.79 Å². The normalized spacial score (nSPS) is 16.2. The van der Waals surface area contributed by atoms with Crippen molar-refractivity contribution in [3.8, 4) is 11.5 Å². The third-order valence-electron chi connectivity index (χ3n) is 4.61. The molecule has 2 aliphatic rings. The quantitative estimate of drug-likeness (QED) is 0.541. The van der Waals surface area contributed by atoms with Crippen molar-refractivity contribution in [1.82, 2.24) is 4.90 Å². The number of piperidine rings is 1. The maximum Gasteiger partial charge on any atom is 0.331 e. The third-order valence-corrected chi connectivity index (χ3v) is 4.61. The van der Waals surface area contributed by atoms with Crippen LogP contribution in [0.25, 0.3) is 6.08 Å². The molecule has 0 saturated carbocycles. The summed E-state index contributed by atoms with van der Waals surface area (Å²) in [5.41, 5.74) is 0.758. The molecule has 1 aromatic rings. The molecule has 3 rings (SSSR count). The number of benzene rings is 1. The molecule has 1 fully saturated rings. The summed E-state index contributed by atoms with van der Waals surface area (Å²) in [6.45, 7) is 2.89. The minimum Gasteiger partial charge on any atom is -0.466 e. The number of nitrogens with zero attached hydrogens (tertiary/aromatic N) is 1. The van der Waals surface area contributed by atoms with Gasteiger partial charge in [-0.3, -0.25) is 9.59 Å². The number of amides is 1. The molecular formula is C20H23NO7. The van der Waals surface area contributed by atoms with E-state index in [0.29, 0.717) is 44.0 Å². The predicted octanol–water partition coefficient (Wildman–Crippen LogP) is 1.77. The Morgan fingerprint density at radius 3 is 2.64 bits per heavy atom. The summed E-state index contributed by atoms with van der Waals surface area (Å²) in [7, 11) is 0. The number of likely N-dealkylation sites (tertiary alicyclic amines) is 1. The number of carbonyl (C=O) groups is 3. The van der Waals surface area contributed by atoms with Gasteiger partial charge in [-0.25, -0.2) is 4.79 Å². The van der Waals surface area contributed by atoms with Crippen molar-refractivity contribution in [2.45, 2.75) is 19.8 Å². The first-order valence-corrected chi connectivity index (χ1v) is 9.25. The average Bonchev–Trinajstić information content (AvgIpc) is 3.18. The van der Waals surface area contributed by atoms with E-state index in [-0.39, 0.29) is 31.2 Å². The van der Waals surface area contributed by atoms with Crippen LogP contribution in [0.15, 0.2) is 24.3 Å². The molecule has 1 aromatic carbocycles. The first-order valence-electron chi connectivity index (χ1n) is 9.25. The fourth-order valence-corrected chi connectivity index (χ4v) is 3.08. The number of hydrogen-bond acceptors (Lipinski definition) is 7. The van der Waals surface area contributed by atoms with E-state index in [1.165, 1.54) is 6.08 Å². The molecule has 0 unspecified atom stereocenters. The molecule has 0 spiro atoms. The van der Waals surface area contributed by atoms with Crippen LogP contribution in [0.4, 0.5) is 0 Å². The lowest BCUT2D eigenvalue weighted by atomic mass is 9.97. The summed E-state index contributed by atoms with van der Waals surface area (Å²) >= 11 is 0. The van der Waals surface area contributed by atoms with Crippen LogP contribution in [0.1, 0.15) is 25.3 Å². The molecule has 2 heterocycles. The first kappa shape index (κ1) is 19.7. The van der Waals surface area contributed by atoms with Gasteiger partial charge in [0.05, 0.1) is 12.5 Å². The Bertz CT molecular complexity index is 766. The van der Waals surface area contributed by atoms with E-state index in [2.05, 4.69) is 0 Å². The summed E-state index contributed by atoms with van der Waals surface area (Å²) < 4.78 is 20.5. The number of carbonyl (C=O) groups excluding carboxylic acids is 3. The Hall–Kier alpha value is -3.03. The van der Waals surface area contributed by atoms with Crippen LogP contribution in [0.3, 0.4) is 0 Å². The summed E-state index contributed by atoms with van der Waals surface area (Å²) in [6, 6.07) is 5.30. The van der Waals surface area contributed by atoms with Gasteiger partial charge in [-0.2, -0.15) is 0 Å². The van der Waals surface area contributed by atoms with Gasteiger partial charge >= 0.3 is 11.9 Å². The number of esters is 2. The molecule has 8 heteroatoms. The molecule has 0 bridgehead atoms. The van der Waals surface area contributed by atoms with Gasteiger partial charge in [0.25, 0.3) is 5.91 Å². The minimum atomic E-state index is -0.604. The van der Waals surface area contributed by atoms with E-state index in [9.17, 15) is 14.4 Å². The van der Waals surface area contributed by atoms with E-state index < -0.39 is 5.97 Å². The Morgan fingerprint density at radius 2 is 1.89 bits per heavy atom. The summed E-state index contributed by atoms with van der Waals surface area (Å²) in [6.07, 6.45) is 3.96. The van der Waals surface area contributed by atoms with Crippen molar-refractivity contribution in [2.24, 2.45) is 5.92 Å². The van der Waals surface area contributed by atoms with E-state index in [1.807, 2.05) is 0 Å². The van der Waals surface area contributed by atoms with Crippen molar-refractivity contribution in [3.63, 3.8) is 0 Å². The van der Waals surface area contributed by atoms with Crippen molar-refractivity contribution in [2.75, 3.05) is 33.1 Å². The van der Waals surface area contributed by atoms with Gasteiger partial charge in [0.1, 0.15) is 0 Å². The van der Waals surface area contributed by atoms with Crippen molar-refractivity contribution < 1.29 is 33.3 Å². The minimum absolute atomic E-state index is 0.170. The van der Waals surface area contributed by atoms with Crippen molar-refractivity contribution in [3.05, 3.63) is 29.8 Å². The van der Waals surface area contributed by atoms with Gasteiger partial charge in [0, 0.05) is 19.2 Å². The second-order valence-electron chi connectivity index (χ2n) is 6.46. The maximum atomic E-state index is 12.2. The molecule has 28 heavy (non-hydrogen) atoms. The van der Waals surface area contributed by atoms with Crippen molar-refractivity contribution >= 4 is 23.9 Å². The predicted molar refractivity (Wildman–Crippen MR) is 98.5 cm³/mol. The highest BCUT2D eigenvalue weighted by atomic mass is 16.7. The number of ether oxygens (including phenoxy) is 4. The van der Waals surface area contributed by atoms with Crippen LogP contribution >= 0.6 is 0 Å². The van der Waals surface area contributed by atoms with Crippen LogP contribution in [-0.2, 0) is 23.9 Å². The Kier molecular flexibility index (Phi) is 6.52. The smallest absolute Gasteiger partial charge is 0.331 e. The zero-order valence-corrected chi connectivity index (χ0v) is 15.7. The molecule has 0 aromatic heterocycles. The standard InChI is InChI=1S/C20H23NO7/c1-2-25-20(24)15-7-9-21(10-8-15)18(22)12-26-19(23)6-4-14-3-5-16-17(11-14)28-13-27-16/h3-6,11,15H,2,7-10,12-13H2,1H3/b6-4+. The highest BCUT2D eigenvalue weighted by molar-refractivity contribution is 5.89. The highest BCUT2D eigenvalue weighted by Gasteiger charge is 2.28. The SMILES string of the molecule is CCOC(=O)C1CCN(C(=O)COC(=O)/C=C/c2ccc3c(c2)OCO3)CC1. The molecule has 8 nitrogen and oxygen atoms in total. The zero-order chi connectivity index (χ0) is 19.9. The molecule has 0 N–H and O–H groups in total. The molecule has 150 valence electrons. The summed E-state index contributed by atoms with van der Waals surface area (Å²) in [5.74, 6) is 0.0272. The molecule has 2 aliphatic heterocycles. The zero-order valence-electron chi connectivity index (χ0n) is 15.7. The second kappa shape index (κ2) is 9.25. The Labute approximate surface area is 163 Å². The molecular weight excluding hydrogens is 366 g/mol. The Morgan fingerprint density at radius 1 is 1.14 bits per heavy atom. The fraction of sp³-hybridized carbons (Fsp3) is 0.450. The number of fused-ring (bicyclic) bond motifs is 1. The molecule has 0 aliphatic carbocycles. The van der Waals surface area contributed by atoms with Gasteiger partial charge < -0.3 is 23.8 Å². The highest BCUT2D eigenvalue weighted by Crippen LogP contribution is 2.32. The average molecular weight is 389 g/mol. The van der Waals surface area contributed by atoms with Crippen molar-refractivity contribution in [1.29, 1.82) is 0 Å². The summed E-state index contributed by atoms with van der Waals surface area (Å²) in [5, 5.41) is 0. The van der Waals surface area contributed by atoms with Gasteiger partial charge in [-0.15, -0.1) is 0 Å². The van der Waals surface area contributed by atoms with Gasteiger partial charge in [-0.1, -0.05) is 6.07 Å². The fourth-order valence-electron chi connectivity index (χ4n) is 3.08. The third kappa shape index (κ3) is 5.03. The van der Waals surface area contributed by atoms with Gasteiger partial charge in [-0.05, 0) is 43.5 Å². The van der Waals surface area contributed by atoms with E-state index in [4.69, 9.17) is 18.9 Å². The first-order chi connectivity index (χ1) is 13.6. The lowest BCUT2D eigenvalue weighted by Gasteiger charge is -2.30. The number of hydrogen-bond donors (Lipinski definition) is 0. The van der Waals surface area contributed by atoms with Crippen LogP contribution < -0.4 is 9.47 Å². The van der Waals surface area contributed by atoms with E-state index >= 15 is 0 Å². The van der Waals surface area contributed by atoms with Crippen LogP contribution in [-0.4, -0.2) is 55.8 Å². The molecule has 0 atom stereocenters. The van der Waals surface area contributed by atoms with Crippen LogP contribution in [0, 0.1) is 5.92 Å². The summed E-state index contributed by atoms with van der Waals surface area (Å²) in [4.78, 5) is 37.4. The topological polar surface area (TPSA) is 91.4 Å². The largest absolute Gasteiger partial charge is 0.466 e. The number of rotatable bonds is 6. The molecule has 1 amide bonds. The molecule has 0 radical (unpaired) electrons. The Balaban J connectivity index is 1.41. The van der Waals surface area contributed by atoms with Crippen LogP contribution in [0.5, 0.6) is 11.5 Å².